The third kappa shape index (κ3) is 6.44. The Morgan fingerprint density at radius 3 is 2.50 bits per heavy atom. The van der Waals surface area contributed by atoms with E-state index in [1.807, 2.05) is 31.2 Å². The number of allylic oxidation sites excluding steroid dienone is 1. The van der Waals surface area contributed by atoms with Crippen LogP contribution >= 0.6 is 0 Å². The van der Waals surface area contributed by atoms with Gasteiger partial charge in [0.05, 0.1) is 12.5 Å². The topological polar surface area (TPSA) is 145 Å². The fraction of sp³-hybridized carbons (Fsp3) is 0.222. The van der Waals surface area contributed by atoms with Crippen LogP contribution in [0.2, 0.25) is 0 Å². The first kappa shape index (κ1) is 26.1. The molecule has 4 rings (SSSR count). The number of ether oxygens (including phenoxy) is 1. The van der Waals surface area contributed by atoms with Gasteiger partial charge in [-0.15, -0.1) is 0 Å². The molecule has 0 saturated heterocycles. The number of carboxylic acids is 1. The van der Waals surface area contributed by atoms with Crippen molar-refractivity contribution in [2.75, 3.05) is 5.32 Å². The number of benzene rings is 2. The molecule has 196 valence electrons. The number of amides is 1. The average molecular weight is 518 g/mol. The molecule has 1 aromatic heterocycles. The van der Waals surface area contributed by atoms with Crippen LogP contribution in [0.4, 0.5) is 11.6 Å². The van der Waals surface area contributed by atoms with Crippen molar-refractivity contribution in [2.24, 2.45) is 5.92 Å². The zero-order valence-corrected chi connectivity index (χ0v) is 20.9. The van der Waals surface area contributed by atoms with E-state index in [0.717, 1.165) is 15.7 Å². The summed E-state index contributed by atoms with van der Waals surface area (Å²) in [5, 5.41) is 14.9. The summed E-state index contributed by atoms with van der Waals surface area (Å²) in [6.07, 6.45) is 5.13. The zero-order chi connectivity index (χ0) is 27.2. The maximum atomic E-state index is 13.3. The van der Waals surface area contributed by atoms with Crippen LogP contribution in [0.25, 0.3) is 0 Å². The third-order valence-corrected chi connectivity index (χ3v) is 5.80. The highest BCUT2D eigenvalue weighted by molar-refractivity contribution is 5.79. The van der Waals surface area contributed by atoms with Gasteiger partial charge in [-0.1, -0.05) is 42.8 Å². The van der Waals surface area contributed by atoms with Gasteiger partial charge in [0.2, 0.25) is 11.9 Å². The number of anilines is 2. The molecule has 0 radical (unpaired) electrons. The number of hydrogen-bond donors (Lipinski definition) is 3. The second-order valence-corrected chi connectivity index (χ2v) is 8.89. The SMILES string of the molecule is Cc1ccc(Cn2c(Nc3ccc(OC4=CNC(=O)CC=C4)cc3)nc(=O)n(CC(C)C(=O)O)c2=O)cc1. The van der Waals surface area contributed by atoms with Crippen LogP contribution < -0.4 is 26.7 Å². The molecule has 2 heterocycles. The summed E-state index contributed by atoms with van der Waals surface area (Å²) in [6.45, 7) is 3.18. The van der Waals surface area contributed by atoms with Crippen LogP contribution in [-0.2, 0) is 22.7 Å². The Labute approximate surface area is 217 Å². The maximum absolute atomic E-state index is 13.3. The molecular weight excluding hydrogens is 490 g/mol. The predicted octanol–water partition coefficient (Wildman–Crippen LogP) is 2.52. The first-order valence-electron chi connectivity index (χ1n) is 11.9. The number of rotatable bonds is 9. The van der Waals surface area contributed by atoms with Crippen molar-refractivity contribution < 1.29 is 19.4 Å². The molecule has 1 unspecified atom stereocenters. The smallest absolute Gasteiger partial charge is 0.354 e. The minimum Gasteiger partial charge on any atom is -0.481 e. The second kappa shape index (κ2) is 11.4. The summed E-state index contributed by atoms with van der Waals surface area (Å²) in [5.41, 5.74) is 0.879. The summed E-state index contributed by atoms with van der Waals surface area (Å²) >= 11 is 0. The van der Waals surface area contributed by atoms with Crippen molar-refractivity contribution in [2.45, 2.75) is 33.4 Å². The molecule has 2 aromatic carbocycles. The van der Waals surface area contributed by atoms with E-state index in [0.29, 0.717) is 17.2 Å². The number of aryl methyl sites for hydroxylation is 1. The molecule has 0 bridgehead atoms. The molecule has 0 aliphatic carbocycles. The number of hydrogen-bond acceptors (Lipinski definition) is 7. The lowest BCUT2D eigenvalue weighted by Gasteiger charge is -2.17. The summed E-state index contributed by atoms with van der Waals surface area (Å²) < 4.78 is 7.91. The van der Waals surface area contributed by atoms with E-state index in [4.69, 9.17) is 4.74 Å². The highest BCUT2D eigenvalue weighted by Crippen LogP contribution is 2.21. The Kier molecular flexibility index (Phi) is 7.86. The quantitative estimate of drug-likeness (QED) is 0.393. The summed E-state index contributed by atoms with van der Waals surface area (Å²) in [5.74, 6) is -1.22. The number of nitrogens with zero attached hydrogens (tertiary/aromatic N) is 3. The van der Waals surface area contributed by atoms with Gasteiger partial charge in [-0.3, -0.25) is 14.2 Å². The van der Waals surface area contributed by atoms with Crippen LogP contribution in [0.15, 0.2) is 82.2 Å². The van der Waals surface area contributed by atoms with Crippen LogP contribution in [-0.4, -0.2) is 31.1 Å². The monoisotopic (exact) mass is 517 g/mol. The standard InChI is InChI=1S/C27H27N5O6/c1-17-6-8-19(9-7-17)16-31-25(30-26(36)32(27(31)37)15-18(2)24(34)35)29-20-10-12-21(13-11-20)38-22-4-3-5-23(33)28-14-22/h3-4,6-14,18H,5,15-16H2,1-2H3,(H,28,33)(H,34,35)(H,29,30,36). The first-order valence-corrected chi connectivity index (χ1v) is 11.9. The predicted molar refractivity (Wildman–Crippen MR) is 140 cm³/mol. The lowest BCUT2D eigenvalue weighted by molar-refractivity contribution is -0.141. The Hall–Kier alpha value is -4.93. The van der Waals surface area contributed by atoms with E-state index >= 15 is 0 Å². The molecule has 1 amide bonds. The zero-order valence-electron chi connectivity index (χ0n) is 20.9. The van der Waals surface area contributed by atoms with Crippen molar-refractivity contribution in [1.82, 2.24) is 19.4 Å². The van der Waals surface area contributed by atoms with Gasteiger partial charge in [0.15, 0.2) is 0 Å². The molecule has 1 atom stereocenters. The molecule has 0 spiro atoms. The van der Waals surface area contributed by atoms with Crippen LogP contribution in [0.5, 0.6) is 5.75 Å². The Bertz CT molecular complexity index is 1520. The first-order chi connectivity index (χ1) is 18.2. The molecule has 0 saturated carbocycles. The maximum Gasteiger partial charge on any atom is 0.354 e. The van der Waals surface area contributed by atoms with Crippen molar-refractivity contribution in [3.63, 3.8) is 0 Å². The molecule has 0 fully saturated rings. The van der Waals surface area contributed by atoms with E-state index in [1.54, 1.807) is 36.4 Å². The Morgan fingerprint density at radius 1 is 1.11 bits per heavy atom. The Balaban J connectivity index is 1.63. The Morgan fingerprint density at radius 2 is 1.82 bits per heavy atom. The number of aromatic nitrogens is 3. The normalized spacial score (nSPS) is 13.7. The van der Waals surface area contributed by atoms with Gasteiger partial charge < -0.3 is 20.5 Å². The van der Waals surface area contributed by atoms with Gasteiger partial charge in [0.25, 0.3) is 0 Å². The van der Waals surface area contributed by atoms with Crippen molar-refractivity contribution in [1.29, 1.82) is 0 Å². The van der Waals surface area contributed by atoms with E-state index in [1.165, 1.54) is 17.7 Å². The number of aliphatic carboxylic acids is 1. The molecule has 38 heavy (non-hydrogen) atoms. The summed E-state index contributed by atoms with van der Waals surface area (Å²) in [7, 11) is 0. The molecule has 1 aliphatic rings. The van der Waals surface area contributed by atoms with E-state index in [-0.39, 0.29) is 31.4 Å². The molecular formula is C27H27N5O6. The highest BCUT2D eigenvalue weighted by atomic mass is 16.5. The molecule has 1 aliphatic heterocycles. The lowest BCUT2D eigenvalue weighted by atomic mass is 10.1. The second-order valence-electron chi connectivity index (χ2n) is 8.89. The van der Waals surface area contributed by atoms with Gasteiger partial charge in [-0.25, -0.2) is 14.2 Å². The fourth-order valence-electron chi connectivity index (χ4n) is 3.63. The number of nitrogens with one attached hydrogen (secondary N) is 2. The van der Waals surface area contributed by atoms with Crippen molar-refractivity contribution >= 4 is 23.5 Å². The highest BCUT2D eigenvalue weighted by Gasteiger charge is 2.19. The molecule has 3 aromatic rings. The minimum absolute atomic E-state index is 0.0191. The number of carbonyl (C=O) groups is 2. The third-order valence-electron chi connectivity index (χ3n) is 5.80. The summed E-state index contributed by atoms with van der Waals surface area (Å²) in [6, 6.07) is 14.3. The van der Waals surface area contributed by atoms with Crippen LogP contribution in [0.1, 0.15) is 24.5 Å². The molecule has 3 N–H and O–H groups in total. The van der Waals surface area contributed by atoms with E-state index in [2.05, 4.69) is 15.6 Å². The number of carbonyl (C=O) groups excluding carboxylic acids is 1. The van der Waals surface area contributed by atoms with Gasteiger partial charge in [0.1, 0.15) is 11.5 Å². The lowest BCUT2D eigenvalue weighted by Crippen LogP contribution is -2.44. The minimum atomic E-state index is -1.12. The van der Waals surface area contributed by atoms with E-state index < -0.39 is 23.3 Å². The molecule has 11 heteroatoms. The average Bonchev–Trinajstić information content (AvgIpc) is 3.10. The fourth-order valence-corrected chi connectivity index (χ4v) is 3.63. The van der Waals surface area contributed by atoms with E-state index in [9.17, 15) is 24.3 Å². The van der Waals surface area contributed by atoms with Gasteiger partial charge >= 0.3 is 17.3 Å². The summed E-state index contributed by atoms with van der Waals surface area (Å²) in [4.78, 5) is 52.9. The van der Waals surface area contributed by atoms with Crippen molar-refractivity contribution in [3.8, 4) is 5.75 Å². The largest absolute Gasteiger partial charge is 0.481 e. The molecule has 11 nitrogen and oxygen atoms in total. The van der Waals surface area contributed by atoms with Crippen molar-refractivity contribution in [3.05, 3.63) is 105 Å². The van der Waals surface area contributed by atoms with Crippen LogP contribution in [0.3, 0.4) is 0 Å². The van der Waals surface area contributed by atoms with Crippen LogP contribution in [0, 0.1) is 12.8 Å². The van der Waals surface area contributed by atoms with Gasteiger partial charge in [-0.05, 0) is 42.8 Å². The van der Waals surface area contributed by atoms with Gasteiger partial charge in [0, 0.05) is 24.9 Å². The van der Waals surface area contributed by atoms with Gasteiger partial charge in [-0.2, -0.15) is 4.98 Å². The number of carboxylic acid groups (broad SMARTS) is 1.